The van der Waals surface area contributed by atoms with Crippen LogP contribution in [0.3, 0.4) is 0 Å². The Hall–Kier alpha value is -2.38. The number of terminal acetylenes is 1. The summed E-state index contributed by atoms with van der Waals surface area (Å²) in [5, 5.41) is 3.70. The Morgan fingerprint density at radius 2 is 2.12 bits per heavy atom. The molecule has 1 amide bonds. The Morgan fingerprint density at radius 1 is 1.33 bits per heavy atom. The minimum absolute atomic E-state index is 0.00661. The van der Waals surface area contributed by atoms with Gasteiger partial charge in [-0.25, -0.2) is 0 Å². The van der Waals surface area contributed by atoms with Gasteiger partial charge in [0.1, 0.15) is 6.04 Å². The maximum Gasteiger partial charge on any atom is 0.252 e. The monoisotopic (exact) mass is 336 g/mol. The number of hydrogen-bond donors (Lipinski definition) is 1. The van der Waals surface area contributed by atoms with Crippen LogP contribution in [-0.2, 0) is 11.2 Å². The van der Waals surface area contributed by atoms with Crippen molar-refractivity contribution in [2.24, 2.45) is 0 Å². The summed E-state index contributed by atoms with van der Waals surface area (Å²) in [7, 11) is 0. The lowest BCUT2D eigenvalue weighted by atomic mass is 9.98. The highest BCUT2D eigenvalue weighted by Gasteiger charge is 2.38. The molecule has 1 N–H and O–H groups in total. The molecule has 1 aromatic rings. The molecule has 3 nitrogen and oxygen atoms in total. The Labute approximate surface area is 148 Å². The summed E-state index contributed by atoms with van der Waals surface area (Å²) in [5.74, 6) is 2.71. The molecule has 4 heteroatoms. The van der Waals surface area contributed by atoms with Gasteiger partial charge >= 0.3 is 0 Å². The number of nitrogens with zero attached hydrogens (tertiary/aromatic N) is 1. The van der Waals surface area contributed by atoms with Crippen LogP contribution in [-0.4, -0.2) is 28.0 Å². The van der Waals surface area contributed by atoms with E-state index in [4.69, 9.17) is 18.6 Å². The summed E-state index contributed by atoms with van der Waals surface area (Å²) in [6, 6.07) is 9.71. The quantitative estimate of drug-likeness (QED) is 0.663. The molecule has 1 saturated heterocycles. The number of nitrogens with one attached hydrogen (secondary N) is 1. The zero-order chi connectivity index (χ0) is 16.9. The fraction of sp³-hybridized carbons (Fsp3) is 0.300. The van der Waals surface area contributed by atoms with E-state index in [9.17, 15) is 4.79 Å². The van der Waals surface area contributed by atoms with Gasteiger partial charge < -0.3 is 5.32 Å². The van der Waals surface area contributed by atoms with E-state index in [-0.39, 0.29) is 18.0 Å². The van der Waals surface area contributed by atoms with Crippen molar-refractivity contribution < 1.29 is 4.79 Å². The standard InChI is InChI=1S/C20H20N2OS/c1-2-3-7-15-10-12-17(13-11-15)22-19(23)18(21-20(22)24)14-16-8-5-4-6-9-16/h1,4-6,8-12,17-18H,3,7,13-14H2,(H,21,24). The summed E-state index contributed by atoms with van der Waals surface area (Å²) >= 11 is 5.40. The van der Waals surface area contributed by atoms with Gasteiger partial charge in [-0.2, -0.15) is 0 Å². The maximum atomic E-state index is 12.8. The maximum absolute atomic E-state index is 12.8. The third-order valence-electron chi connectivity index (χ3n) is 4.38. The largest absolute Gasteiger partial charge is 0.350 e. The van der Waals surface area contributed by atoms with E-state index in [0.29, 0.717) is 11.5 Å². The summed E-state index contributed by atoms with van der Waals surface area (Å²) in [6.07, 6.45) is 14.6. The smallest absolute Gasteiger partial charge is 0.252 e. The van der Waals surface area contributed by atoms with Crippen LogP contribution in [0.1, 0.15) is 24.8 Å². The molecule has 0 spiro atoms. The third kappa shape index (κ3) is 3.58. The van der Waals surface area contributed by atoms with Crippen molar-refractivity contribution in [2.45, 2.75) is 37.8 Å². The highest BCUT2D eigenvalue weighted by Crippen LogP contribution is 2.23. The topological polar surface area (TPSA) is 32.3 Å². The molecule has 1 aromatic carbocycles. The molecule has 0 saturated carbocycles. The normalized spacial score (nSPS) is 23.0. The minimum atomic E-state index is -0.278. The highest BCUT2D eigenvalue weighted by molar-refractivity contribution is 7.80. The van der Waals surface area contributed by atoms with Crippen molar-refractivity contribution in [1.82, 2.24) is 10.2 Å². The van der Waals surface area contributed by atoms with E-state index in [1.165, 1.54) is 5.57 Å². The highest BCUT2D eigenvalue weighted by atomic mass is 32.1. The van der Waals surface area contributed by atoms with Gasteiger partial charge in [0.2, 0.25) is 0 Å². The van der Waals surface area contributed by atoms with Gasteiger partial charge in [-0.05, 0) is 30.6 Å². The van der Waals surface area contributed by atoms with Crippen molar-refractivity contribution in [3.8, 4) is 12.3 Å². The lowest BCUT2D eigenvalue weighted by Crippen LogP contribution is -2.40. The minimum Gasteiger partial charge on any atom is -0.350 e. The first-order valence-corrected chi connectivity index (χ1v) is 8.58. The number of allylic oxidation sites excluding steroid dienone is 2. The van der Waals surface area contributed by atoms with Gasteiger partial charge in [-0.1, -0.05) is 54.1 Å². The Bertz CT molecular complexity index is 730. The van der Waals surface area contributed by atoms with Crippen LogP contribution in [0.2, 0.25) is 0 Å². The molecule has 0 aromatic heterocycles. The molecule has 24 heavy (non-hydrogen) atoms. The molecule has 1 aliphatic heterocycles. The second-order valence-corrected chi connectivity index (χ2v) is 6.43. The average molecular weight is 336 g/mol. The fourth-order valence-corrected chi connectivity index (χ4v) is 3.46. The molecule has 1 fully saturated rings. The van der Waals surface area contributed by atoms with E-state index in [2.05, 4.69) is 29.5 Å². The number of amides is 1. The van der Waals surface area contributed by atoms with E-state index in [1.54, 1.807) is 4.90 Å². The van der Waals surface area contributed by atoms with E-state index in [1.807, 2.05) is 30.3 Å². The molecule has 0 radical (unpaired) electrons. The number of carbonyl (C=O) groups is 1. The van der Waals surface area contributed by atoms with Crippen molar-refractivity contribution in [3.63, 3.8) is 0 Å². The van der Waals surface area contributed by atoms with Gasteiger partial charge in [0, 0.05) is 12.8 Å². The number of thiocarbonyl (C=S) groups is 1. The SMILES string of the molecule is C#CCCC1=CCC(N2C(=O)C(Cc3ccccc3)NC2=S)C=C1. The molecule has 1 heterocycles. The van der Waals surface area contributed by atoms with Gasteiger partial charge in [0.15, 0.2) is 5.11 Å². The van der Waals surface area contributed by atoms with Crippen molar-refractivity contribution in [3.05, 3.63) is 59.7 Å². The summed E-state index contributed by atoms with van der Waals surface area (Å²) in [4.78, 5) is 14.5. The van der Waals surface area contributed by atoms with Crippen molar-refractivity contribution in [1.29, 1.82) is 0 Å². The van der Waals surface area contributed by atoms with Crippen LogP contribution in [0.25, 0.3) is 0 Å². The van der Waals surface area contributed by atoms with Crippen molar-refractivity contribution in [2.75, 3.05) is 0 Å². The zero-order valence-corrected chi connectivity index (χ0v) is 14.3. The molecule has 2 aliphatic rings. The van der Waals surface area contributed by atoms with Gasteiger partial charge in [0.05, 0.1) is 6.04 Å². The molecule has 3 rings (SSSR count). The van der Waals surface area contributed by atoms with Gasteiger partial charge in [-0.3, -0.25) is 9.69 Å². The van der Waals surface area contributed by atoms with Crippen LogP contribution in [0.15, 0.2) is 54.1 Å². The van der Waals surface area contributed by atoms with Gasteiger partial charge in [-0.15, -0.1) is 12.3 Å². The van der Waals surface area contributed by atoms with Crippen LogP contribution in [0, 0.1) is 12.3 Å². The predicted molar refractivity (Wildman–Crippen MR) is 100 cm³/mol. The Morgan fingerprint density at radius 3 is 2.79 bits per heavy atom. The molecule has 2 atom stereocenters. The van der Waals surface area contributed by atoms with Crippen LogP contribution >= 0.6 is 12.2 Å². The Kier molecular flexibility index (Phi) is 5.12. The lowest BCUT2D eigenvalue weighted by molar-refractivity contribution is -0.127. The molecular weight excluding hydrogens is 316 g/mol. The summed E-state index contributed by atoms with van der Waals surface area (Å²) < 4.78 is 0. The van der Waals surface area contributed by atoms with Crippen LogP contribution < -0.4 is 5.32 Å². The molecular formula is C20H20N2OS. The molecule has 122 valence electrons. The molecule has 1 aliphatic carbocycles. The lowest BCUT2D eigenvalue weighted by Gasteiger charge is -2.25. The van der Waals surface area contributed by atoms with Crippen LogP contribution in [0.4, 0.5) is 0 Å². The fourth-order valence-electron chi connectivity index (χ4n) is 3.10. The first kappa shape index (κ1) is 16.5. The number of benzene rings is 1. The second-order valence-electron chi connectivity index (χ2n) is 6.05. The number of hydrogen-bond acceptors (Lipinski definition) is 2. The van der Waals surface area contributed by atoms with E-state index in [0.717, 1.165) is 24.8 Å². The molecule has 0 bridgehead atoms. The Balaban J connectivity index is 1.64. The van der Waals surface area contributed by atoms with Crippen molar-refractivity contribution >= 4 is 23.2 Å². The molecule has 2 unspecified atom stereocenters. The van der Waals surface area contributed by atoms with E-state index >= 15 is 0 Å². The number of rotatable bonds is 5. The summed E-state index contributed by atoms with van der Waals surface area (Å²) in [6.45, 7) is 0. The second kappa shape index (κ2) is 7.46. The predicted octanol–water partition coefficient (Wildman–Crippen LogP) is 2.98. The first-order chi connectivity index (χ1) is 11.7. The summed E-state index contributed by atoms with van der Waals surface area (Å²) in [5.41, 5.74) is 2.36. The van der Waals surface area contributed by atoms with Crippen LogP contribution in [0.5, 0.6) is 0 Å². The van der Waals surface area contributed by atoms with Gasteiger partial charge in [0.25, 0.3) is 5.91 Å². The average Bonchev–Trinajstić information content (AvgIpc) is 2.88. The van der Waals surface area contributed by atoms with E-state index < -0.39 is 0 Å². The zero-order valence-electron chi connectivity index (χ0n) is 13.4. The number of carbonyl (C=O) groups excluding carboxylic acids is 1. The first-order valence-electron chi connectivity index (χ1n) is 8.17. The third-order valence-corrected chi connectivity index (χ3v) is 4.69.